The van der Waals surface area contributed by atoms with Crippen LogP contribution in [0.5, 0.6) is 0 Å². The summed E-state index contributed by atoms with van der Waals surface area (Å²) >= 11 is 0. The standard InChI is InChI=1S/C30H38O3/c1-4-6-7-8-9-10-14-17-27(31)22-25-21-26(29(32)30(33)28(25)5-2)20-23(3)18-19-24-15-12-11-13-16-24/h4,6-9,11-19,25-26,28-30,32-33H,1,3,5,10,20-22H2,2H3/b7-6-,9-8-,17-14+,19-18+/t25?,26-,28+,29?,30?/m0/s1. The molecule has 0 bridgehead atoms. The highest BCUT2D eigenvalue weighted by molar-refractivity contribution is 5.89. The molecule has 0 amide bonds. The van der Waals surface area contributed by atoms with Gasteiger partial charge in [0.05, 0.1) is 12.2 Å². The van der Waals surface area contributed by atoms with Crippen LogP contribution in [-0.4, -0.2) is 28.2 Å². The van der Waals surface area contributed by atoms with Crippen LogP contribution in [0, 0.1) is 17.8 Å². The minimum atomic E-state index is -0.819. The van der Waals surface area contributed by atoms with E-state index in [-0.39, 0.29) is 23.5 Å². The maximum Gasteiger partial charge on any atom is 0.155 e. The predicted molar refractivity (Wildman–Crippen MR) is 138 cm³/mol. The van der Waals surface area contributed by atoms with Gasteiger partial charge in [0.2, 0.25) is 0 Å². The van der Waals surface area contributed by atoms with E-state index in [2.05, 4.69) is 13.2 Å². The quantitative estimate of drug-likeness (QED) is 0.295. The molecule has 0 heterocycles. The Morgan fingerprint density at radius 3 is 2.45 bits per heavy atom. The molecule has 3 heteroatoms. The van der Waals surface area contributed by atoms with E-state index in [4.69, 9.17) is 0 Å². The van der Waals surface area contributed by atoms with Crippen molar-refractivity contribution in [1.82, 2.24) is 0 Å². The van der Waals surface area contributed by atoms with Gasteiger partial charge in [0.1, 0.15) is 0 Å². The molecule has 0 aromatic heterocycles. The summed E-state index contributed by atoms with van der Waals surface area (Å²) in [5.41, 5.74) is 2.00. The third-order valence-electron chi connectivity index (χ3n) is 6.32. The molecule has 0 spiro atoms. The van der Waals surface area contributed by atoms with Gasteiger partial charge in [-0.1, -0.05) is 111 Å². The Labute approximate surface area is 199 Å². The fourth-order valence-corrected chi connectivity index (χ4v) is 4.62. The lowest BCUT2D eigenvalue weighted by molar-refractivity contribution is -0.123. The van der Waals surface area contributed by atoms with Crippen LogP contribution in [0.15, 0.2) is 97.7 Å². The van der Waals surface area contributed by atoms with Crippen LogP contribution in [-0.2, 0) is 4.79 Å². The monoisotopic (exact) mass is 446 g/mol. The molecule has 3 unspecified atom stereocenters. The molecule has 1 aliphatic carbocycles. The first-order chi connectivity index (χ1) is 16.0. The van der Waals surface area contributed by atoms with Gasteiger partial charge in [-0.15, -0.1) is 0 Å². The number of carbonyl (C=O) groups is 1. The average molecular weight is 447 g/mol. The molecular weight excluding hydrogens is 408 g/mol. The van der Waals surface area contributed by atoms with Crippen LogP contribution in [0.25, 0.3) is 6.08 Å². The zero-order valence-corrected chi connectivity index (χ0v) is 19.7. The molecule has 3 nitrogen and oxygen atoms in total. The zero-order chi connectivity index (χ0) is 24.1. The molecule has 1 aromatic rings. The van der Waals surface area contributed by atoms with Crippen LogP contribution in [0.3, 0.4) is 0 Å². The van der Waals surface area contributed by atoms with E-state index < -0.39 is 12.2 Å². The van der Waals surface area contributed by atoms with Crippen molar-refractivity contribution < 1.29 is 15.0 Å². The van der Waals surface area contributed by atoms with Gasteiger partial charge in [-0.2, -0.15) is 0 Å². The van der Waals surface area contributed by atoms with Crippen molar-refractivity contribution in [1.29, 1.82) is 0 Å². The highest BCUT2D eigenvalue weighted by atomic mass is 16.3. The number of hydrogen-bond donors (Lipinski definition) is 2. The van der Waals surface area contributed by atoms with E-state index in [9.17, 15) is 15.0 Å². The topological polar surface area (TPSA) is 57.5 Å². The number of allylic oxidation sites excluding steroid dienone is 9. The number of aliphatic hydroxyl groups excluding tert-OH is 2. The minimum absolute atomic E-state index is 0.0486. The van der Waals surface area contributed by atoms with Crippen LogP contribution in [0.4, 0.5) is 0 Å². The fourth-order valence-electron chi connectivity index (χ4n) is 4.62. The van der Waals surface area contributed by atoms with Crippen LogP contribution < -0.4 is 0 Å². The van der Waals surface area contributed by atoms with Crippen LogP contribution in [0.1, 0.15) is 44.6 Å². The Morgan fingerprint density at radius 2 is 1.76 bits per heavy atom. The van der Waals surface area contributed by atoms with E-state index in [1.165, 1.54) is 0 Å². The van der Waals surface area contributed by atoms with Crippen molar-refractivity contribution in [2.24, 2.45) is 17.8 Å². The van der Waals surface area contributed by atoms with Crippen molar-refractivity contribution in [3.8, 4) is 0 Å². The summed E-state index contributed by atoms with van der Waals surface area (Å²) in [7, 11) is 0. The number of ketones is 1. The van der Waals surface area contributed by atoms with Gasteiger partial charge < -0.3 is 10.2 Å². The SMILES string of the molecule is C=C/C=C\C=C/C/C=C/C(=O)CC1C[C@H](CC(=C)/C=C/c2ccccc2)C(O)C(O)[C@@H]1CC. The second-order valence-electron chi connectivity index (χ2n) is 8.77. The highest BCUT2D eigenvalue weighted by Gasteiger charge is 2.42. The van der Waals surface area contributed by atoms with Gasteiger partial charge in [0.15, 0.2) is 5.78 Å². The predicted octanol–water partition coefficient (Wildman–Crippen LogP) is 6.23. The van der Waals surface area contributed by atoms with Crippen molar-refractivity contribution >= 4 is 11.9 Å². The van der Waals surface area contributed by atoms with Crippen molar-refractivity contribution in [2.75, 3.05) is 0 Å². The summed E-state index contributed by atoms with van der Waals surface area (Å²) in [4.78, 5) is 12.6. The lowest BCUT2D eigenvalue weighted by atomic mass is 9.66. The molecule has 1 saturated carbocycles. The van der Waals surface area contributed by atoms with E-state index in [0.717, 1.165) is 17.6 Å². The summed E-state index contributed by atoms with van der Waals surface area (Å²) in [5.74, 6) is -0.0751. The normalized spacial score (nSPS) is 26.0. The smallest absolute Gasteiger partial charge is 0.155 e. The number of rotatable bonds is 12. The molecule has 0 saturated heterocycles. The summed E-state index contributed by atoms with van der Waals surface area (Å²) in [6.07, 6.45) is 18.4. The number of benzene rings is 1. The molecular formula is C30H38O3. The maximum atomic E-state index is 12.6. The zero-order valence-electron chi connectivity index (χ0n) is 19.7. The maximum absolute atomic E-state index is 12.6. The second-order valence-corrected chi connectivity index (χ2v) is 8.77. The molecule has 5 atom stereocenters. The summed E-state index contributed by atoms with van der Waals surface area (Å²) in [6.45, 7) is 9.78. The van der Waals surface area contributed by atoms with Crippen LogP contribution >= 0.6 is 0 Å². The summed E-state index contributed by atoms with van der Waals surface area (Å²) in [5, 5.41) is 21.5. The molecule has 33 heavy (non-hydrogen) atoms. The molecule has 2 rings (SSSR count). The lowest BCUT2D eigenvalue weighted by Crippen LogP contribution is -2.48. The van der Waals surface area contributed by atoms with Crippen molar-refractivity contribution in [3.63, 3.8) is 0 Å². The Balaban J connectivity index is 1.96. The van der Waals surface area contributed by atoms with Crippen LogP contribution in [0.2, 0.25) is 0 Å². The van der Waals surface area contributed by atoms with E-state index >= 15 is 0 Å². The van der Waals surface area contributed by atoms with Gasteiger partial charge in [0.25, 0.3) is 0 Å². The Hall–Kier alpha value is -2.75. The lowest BCUT2D eigenvalue weighted by Gasteiger charge is -2.43. The van der Waals surface area contributed by atoms with Gasteiger partial charge >= 0.3 is 0 Å². The number of aliphatic hydroxyl groups is 2. The Morgan fingerprint density at radius 1 is 1.00 bits per heavy atom. The van der Waals surface area contributed by atoms with Crippen molar-refractivity contribution in [2.45, 2.75) is 51.2 Å². The van der Waals surface area contributed by atoms with Crippen molar-refractivity contribution in [3.05, 3.63) is 103 Å². The van der Waals surface area contributed by atoms with Gasteiger partial charge in [-0.05, 0) is 48.7 Å². The molecule has 1 fully saturated rings. The summed E-state index contributed by atoms with van der Waals surface area (Å²) in [6, 6.07) is 10.0. The first-order valence-electron chi connectivity index (χ1n) is 11.9. The molecule has 0 radical (unpaired) electrons. The van der Waals surface area contributed by atoms with E-state index in [0.29, 0.717) is 25.7 Å². The number of hydrogen-bond acceptors (Lipinski definition) is 3. The molecule has 176 valence electrons. The largest absolute Gasteiger partial charge is 0.390 e. The first-order valence-corrected chi connectivity index (χ1v) is 11.9. The molecule has 1 aliphatic rings. The van der Waals surface area contributed by atoms with Gasteiger partial charge in [0, 0.05) is 6.42 Å². The second kappa shape index (κ2) is 14.4. The summed E-state index contributed by atoms with van der Waals surface area (Å²) < 4.78 is 0. The Kier molecular flexibility index (Phi) is 11.6. The van der Waals surface area contributed by atoms with E-state index in [1.807, 2.05) is 79.8 Å². The average Bonchev–Trinajstić information content (AvgIpc) is 2.81. The van der Waals surface area contributed by atoms with E-state index in [1.54, 1.807) is 12.2 Å². The highest BCUT2D eigenvalue weighted by Crippen LogP contribution is 2.40. The number of carbonyl (C=O) groups excluding carboxylic acids is 1. The fraction of sp³-hybridized carbons (Fsp3) is 0.367. The van der Waals surface area contributed by atoms with Gasteiger partial charge in [-0.3, -0.25) is 4.79 Å². The molecule has 0 aliphatic heterocycles. The first kappa shape index (κ1) is 26.5. The third-order valence-corrected chi connectivity index (χ3v) is 6.32. The molecule has 2 N–H and O–H groups in total. The Bertz CT molecular complexity index is 875. The minimum Gasteiger partial charge on any atom is -0.390 e. The van der Waals surface area contributed by atoms with Gasteiger partial charge in [-0.25, -0.2) is 0 Å². The molecule has 1 aromatic carbocycles. The third kappa shape index (κ3) is 8.95.